The number of benzene rings is 2. The number of hydrogen-bond acceptors (Lipinski definition) is 3. The van der Waals surface area contributed by atoms with Crippen LogP contribution in [0.15, 0.2) is 36.4 Å². The Bertz CT molecular complexity index is 635. The van der Waals surface area contributed by atoms with Gasteiger partial charge in [-0.15, -0.1) is 0 Å². The highest BCUT2D eigenvalue weighted by Crippen LogP contribution is 2.31. The maximum absolute atomic E-state index is 13.4. The normalized spacial score (nSPS) is 9.83. The molecule has 2 N–H and O–H groups in total. The lowest BCUT2D eigenvalue weighted by atomic mass is 10.2. The molecule has 0 spiro atoms. The SMILES string of the molecule is N#Cc1cccc(Oc2ccc(F)cc2F)c1N. The van der Waals surface area contributed by atoms with Gasteiger partial charge in [-0.05, 0) is 24.3 Å². The summed E-state index contributed by atoms with van der Waals surface area (Å²) < 4.78 is 31.3. The second-order valence-electron chi connectivity index (χ2n) is 3.51. The zero-order valence-corrected chi connectivity index (χ0v) is 9.15. The fourth-order valence-electron chi connectivity index (χ4n) is 1.41. The highest BCUT2D eigenvalue weighted by atomic mass is 19.1. The molecular weight excluding hydrogens is 238 g/mol. The molecular formula is C13H8F2N2O. The van der Waals surface area contributed by atoms with Gasteiger partial charge in [0, 0.05) is 6.07 Å². The monoisotopic (exact) mass is 246 g/mol. The third-order valence-corrected chi connectivity index (χ3v) is 2.30. The van der Waals surface area contributed by atoms with Crippen LogP contribution >= 0.6 is 0 Å². The van der Waals surface area contributed by atoms with Crippen LogP contribution in [-0.4, -0.2) is 0 Å². The molecule has 0 atom stereocenters. The molecule has 0 aliphatic rings. The van der Waals surface area contributed by atoms with Crippen molar-refractivity contribution in [3.8, 4) is 17.6 Å². The van der Waals surface area contributed by atoms with Gasteiger partial charge >= 0.3 is 0 Å². The topological polar surface area (TPSA) is 59.0 Å². The summed E-state index contributed by atoms with van der Waals surface area (Å²) in [4.78, 5) is 0. The lowest BCUT2D eigenvalue weighted by Gasteiger charge is -2.09. The van der Waals surface area contributed by atoms with E-state index in [1.165, 1.54) is 12.1 Å². The number of para-hydroxylation sites is 1. The summed E-state index contributed by atoms with van der Waals surface area (Å²) in [6.45, 7) is 0. The Morgan fingerprint density at radius 1 is 1.11 bits per heavy atom. The van der Waals surface area contributed by atoms with Crippen molar-refractivity contribution < 1.29 is 13.5 Å². The average molecular weight is 246 g/mol. The molecule has 0 saturated carbocycles. The van der Waals surface area contributed by atoms with Gasteiger partial charge in [-0.2, -0.15) is 5.26 Å². The van der Waals surface area contributed by atoms with Gasteiger partial charge in [-0.3, -0.25) is 0 Å². The van der Waals surface area contributed by atoms with Crippen molar-refractivity contribution in [2.45, 2.75) is 0 Å². The summed E-state index contributed by atoms with van der Waals surface area (Å²) in [7, 11) is 0. The van der Waals surface area contributed by atoms with Crippen molar-refractivity contribution in [1.82, 2.24) is 0 Å². The molecule has 2 rings (SSSR count). The van der Waals surface area contributed by atoms with Gasteiger partial charge in [-0.1, -0.05) is 6.07 Å². The van der Waals surface area contributed by atoms with E-state index in [1.807, 2.05) is 6.07 Å². The molecule has 0 amide bonds. The average Bonchev–Trinajstić information content (AvgIpc) is 2.35. The van der Waals surface area contributed by atoms with Crippen molar-refractivity contribution in [2.75, 3.05) is 5.73 Å². The molecule has 0 fully saturated rings. The first kappa shape index (κ1) is 11.9. The van der Waals surface area contributed by atoms with Crippen molar-refractivity contribution in [2.24, 2.45) is 0 Å². The molecule has 90 valence electrons. The molecule has 0 bridgehead atoms. The molecule has 0 aliphatic heterocycles. The van der Waals surface area contributed by atoms with E-state index < -0.39 is 11.6 Å². The van der Waals surface area contributed by atoms with E-state index in [-0.39, 0.29) is 22.7 Å². The zero-order chi connectivity index (χ0) is 13.1. The van der Waals surface area contributed by atoms with Crippen LogP contribution in [0.2, 0.25) is 0 Å². The highest BCUT2D eigenvalue weighted by Gasteiger charge is 2.10. The van der Waals surface area contributed by atoms with Crippen LogP contribution < -0.4 is 10.5 Å². The highest BCUT2D eigenvalue weighted by molar-refractivity contribution is 5.63. The third kappa shape index (κ3) is 2.23. The van der Waals surface area contributed by atoms with Gasteiger partial charge < -0.3 is 10.5 Å². The predicted molar refractivity (Wildman–Crippen MR) is 62.0 cm³/mol. The van der Waals surface area contributed by atoms with Gasteiger partial charge in [0.25, 0.3) is 0 Å². The number of anilines is 1. The molecule has 2 aromatic carbocycles. The Hall–Kier alpha value is -2.61. The Balaban J connectivity index is 2.38. The quantitative estimate of drug-likeness (QED) is 0.827. The second kappa shape index (κ2) is 4.72. The summed E-state index contributed by atoms with van der Waals surface area (Å²) in [5.41, 5.74) is 6.02. The number of nitrogen functional groups attached to an aromatic ring is 1. The molecule has 18 heavy (non-hydrogen) atoms. The lowest BCUT2D eigenvalue weighted by Crippen LogP contribution is -1.96. The summed E-state index contributed by atoms with van der Waals surface area (Å²) in [5.74, 6) is -1.53. The molecule has 5 heteroatoms. The summed E-state index contributed by atoms with van der Waals surface area (Å²) in [6.07, 6.45) is 0. The van der Waals surface area contributed by atoms with E-state index in [2.05, 4.69) is 0 Å². The number of nitrogens with zero attached hydrogens (tertiary/aromatic N) is 1. The number of nitriles is 1. The van der Waals surface area contributed by atoms with Gasteiger partial charge in [-0.25, -0.2) is 8.78 Å². The van der Waals surface area contributed by atoms with Crippen molar-refractivity contribution in [1.29, 1.82) is 5.26 Å². The third-order valence-electron chi connectivity index (χ3n) is 2.30. The van der Waals surface area contributed by atoms with Crippen molar-refractivity contribution in [3.63, 3.8) is 0 Å². The van der Waals surface area contributed by atoms with Crippen LogP contribution in [0.4, 0.5) is 14.5 Å². The van der Waals surface area contributed by atoms with E-state index in [0.29, 0.717) is 6.07 Å². The Kier molecular flexibility index (Phi) is 3.11. The summed E-state index contributed by atoms with van der Waals surface area (Å²) >= 11 is 0. The van der Waals surface area contributed by atoms with Crippen LogP contribution in [-0.2, 0) is 0 Å². The van der Waals surface area contributed by atoms with E-state index in [0.717, 1.165) is 12.1 Å². The maximum atomic E-state index is 13.4. The molecule has 3 nitrogen and oxygen atoms in total. The van der Waals surface area contributed by atoms with E-state index in [1.54, 1.807) is 6.07 Å². The van der Waals surface area contributed by atoms with Gasteiger partial charge in [0.2, 0.25) is 0 Å². The Labute approximate surface area is 102 Å². The first-order chi connectivity index (χ1) is 8.61. The maximum Gasteiger partial charge on any atom is 0.168 e. The largest absolute Gasteiger partial charge is 0.452 e. The van der Waals surface area contributed by atoms with Crippen LogP contribution in [0.3, 0.4) is 0 Å². The fraction of sp³-hybridized carbons (Fsp3) is 0. The van der Waals surface area contributed by atoms with E-state index in [9.17, 15) is 8.78 Å². The number of ether oxygens (including phenoxy) is 1. The molecule has 0 radical (unpaired) electrons. The molecule has 0 aliphatic carbocycles. The van der Waals surface area contributed by atoms with Crippen molar-refractivity contribution in [3.05, 3.63) is 53.6 Å². The molecule has 0 heterocycles. The molecule has 2 aromatic rings. The van der Waals surface area contributed by atoms with Crippen LogP contribution in [0.1, 0.15) is 5.56 Å². The van der Waals surface area contributed by atoms with E-state index in [4.69, 9.17) is 15.7 Å². The van der Waals surface area contributed by atoms with Gasteiger partial charge in [0.05, 0.1) is 11.3 Å². The van der Waals surface area contributed by atoms with Crippen LogP contribution in [0.5, 0.6) is 11.5 Å². The second-order valence-corrected chi connectivity index (χ2v) is 3.51. The number of rotatable bonds is 2. The first-order valence-electron chi connectivity index (χ1n) is 5.03. The minimum absolute atomic E-state index is 0.115. The summed E-state index contributed by atoms with van der Waals surface area (Å²) in [5, 5.41) is 8.79. The lowest BCUT2D eigenvalue weighted by molar-refractivity contribution is 0.439. The molecule has 0 saturated heterocycles. The fourth-order valence-corrected chi connectivity index (χ4v) is 1.41. The standard InChI is InChI=1S/C13H8F2N2O/c14-9-4-5-11(10(15)6-9)18-12-3-1-2-8(7-16)13(12)17/h1-6H,17H2. The van der Waals surface area contributed by atoms with Crippen LogP contribution in [0, 0.1) is 23.0 Å². The molecule has 0 aromatic heterocycles. The first-order valence-corrected chi connectivity index (χ1v) is 5.03. The Morgan fingerprint density at radius 2 is 1.89 bits per heavy atom. The van der Waals surface area contributed by atoms with Crippen molar-refractivity contribution >= 4 is 5.69 Å². The summed E-state index contributed by atoms with van der Waals surface area (Å²) in [6, 6.07) is 9.40. The minimum atomic E-state index is -0.836. The van der Waals surface area contributed by atoms with Crippen LogP contribution in [0.25, 0.3) is 0 Å². The smallest absolute Gasteiger partial charge is 0.168 e. The minimum Gasteiger partial charge on any atom is -0.452 e. The zero-order valence-electron chi connectivity index (χ0n) is 9.15. The predicted octanol–water partition coefficient (Wildman–Crippen LogP) is 3.21. The van der Waals surface area contributed by atoms with E-state index >= 15 is 0 Å². The Morgan fingerprint density at radius 3 is 2.56 bits per heavy atom. The number of nitrogens with two attached hydrogens (primary N) is 1. The van der Waals surface area contributed by atoms with Gasteiger partial charge in [0.15, 0.2) is 17.3 Å². The number of halogens is 2. The molecule has 0 unspecified atom stereocenters. The number of hydrogen-bond donors (Lipinski definition) is 1. The van der Waals surface area contributed by atoms with Gasteiger partial charge in [0.1, 0.15) is 11.9 Å².